The highest BCUT2D eigenvalue weighted by Crippen LogP contribution is 2.34. The van der Waals surface area contributed by atoms with E-state index in [0.29, 0.717) is 17.0 Å². The van der Waals surface area contributed by atoms with E-state index in [1.807, 2.05) is 0 Å². The number of nitrogens with zero attached hydrogens (tertiary/aromatic N) is 2. The van der Waals surface area contributed by atoms with Crippen molar-refractivity contribution in [2.75, 3.05) is 12.0 Å². The summed E-state index contributed by atoms with van der Waals surface area (Å²) >= 11 is 0. The number of imide groups is 2. The van der Waals surface area contributed by atoms with Crippen molar-refractivity contribution in [1.29, 1.82) is 0 Å². The molecule has 1 aliphatic heterocycles. The maximum atomic E-state index is 12.9. The molecule has 0 unspecified atom stereocenters. The Balaban J connectivity index is 1.68. The third-order valence-electron chi connectivity index (χ3n) is 4.69. The number of nitrogens with one attached hydrogen (secondary N) is 1. The fourth-order valence-electron chi connectivity index (χ4n) is 3.18. The smallest absolute Gasteiger partial charge is 0.335 e. The van der Waals surface area contributed by atoms with Crippen molar-refractivity contribution in [3.8, 4) is 17.1 Å². The van der Waals surface area contributed by atoms with Crippen LogP contribution in [0.3, 0.4) is 0 Å². The molecule has 2 aromatic carbocycles. The van der Waals surface area contributed by atoms with E-state index in [1.165, 1.54) is 37.5 Å². The van der Waals surface area contributed by atoms with Crippen molar-refractivity contribution in [1.82, 2.24) is 5.32 Å². The van der Waals surface area contributed by atoms with Gasteiger partial charge in [-0.2, -0.15) is 0 Å². The molecule has 0 spiro atoms. The van der Waals surface area contributed by atoms with Crippen molar-refractivity contribution >= 4 is 35.3 Å². The molecule has 2 heterocycles. The first-order chi connectivity index (χ1) is 15.4. The Hall–Kier alpha value is -4.73. The standard InChI is InChI=1S/C22H15N3O7/c1-31-19-11-14(25(29)30)7-9-16(19)18-10-8-15(32-18)12-17-20(26)23-22(28)24(21(17)27)13-5-3-2-4-6-13/h2-12H,1H3,(H,23,26,28)/b17-12+. The maximum absolute atomic E-state index is 12.9. The molecule has 0 bridgehead atoms. The Kier molecular flexibility index (Phi) is 5.25. The first-order valence-corrected chi connectivity index (χ1v) is 9.28. The summed E-state index contributed by atoms with van der Waals surface area (Å²) in [6, 6.07) is 14.5. The second-order valence-corrected chi connectivity index (χ2v) is 6.64. The van der Waals surface area contributed by atoms with Crippen molar-refractivity contribution < 1.29 is 28.5 Å². The van der Waals surface area contributed by atoms with Gasteiger partial charge in [-0.1, -0.05) is 18.2 Å². The van der Waals surface area contributed by atoms with Gasteiger partial charge in [-0.3, -0.25) is 25.0 Å². The Bertz CT molecular complexity index is 1280. The van der Waals surface area contributed by atoms with Gasteiger partial charge in [-0.05, 0) is 36.4 Å². The Morgan fingerprint density at radius 1 is 1.06 bits per heavy atom. The molecule has 10 nitrogen and oxygen atoms in total. The molecule has 160 valence electrons. The number of methoxy groups -OCH3 is 1. The Morgan fingerprint density at radius 2 is 1.81 bits per heavy atom. The third kappa shape index (κ3) is 3.72. The number of non-ortho nitro benzene ring substituents is 1. The summed E-state index contributed by atoms with van der Waals surface area (Å²) in [7, 11) is 1.37. The fourth-order valence-corrected chi connectivity index (χ4v) is 3.18. The van der Waals surface area contributed by atoms with Crippen molar-refractivity contribution in [3.63, 3.8) is 0 Å². The summed E-state index contributed by atoms with van der Waals surface area (Å²) in [6.45, 7) is 0. The van der Waals surface area contributed by atoms with E-state index in [-0.39, 0.29) is 22.8 Å². The van der Waals surface area contributed by atoms with Gasteiger partial charge in [-0.25, -0.2) is 9.69 Å². The van der Waals surface area contributed by atoms with E-state index >= 15 is 0 Å². The van der Waals surface area contributed by atoms with Gasteiger partial charge in [0.25, 0.3) is 17.5 Å². The van der Waals surface area contributed by atoms with Crippen LogP contribution in [0.1, 0.15) is 5.76 Å². The SMILES string of the molecule is COc1cc([N+](=O)[O-])ccc1-c1ccc(/C=C2\C(=O)NC(=O)N(c3ccccc3)C2=O)o1. The van der Waals surface area contributed by atoms with Crippen LogP contribution in [0.4, 0.5) is 16.2 Å². The molecule has 3 aromatic rings. The topological polar surface area (TPSA) is 132 Å². The minimum Gasteiger partial charge on any atom is -0.496 e. The number of nitro groups is 1. The second kappa shape index (κ2) is 8.19. The van der Waals surface area contributed by atoms with Crippen molar-refractivity contribution in [2.24, 2.45) is 0 Å². The molecule has 1 N–H and O–H groups in total. The van der Waals surface area contributed by atoms with E-state index in [0.717, 1.165) is 4.90 Å². The number of benzene rings is 2. The molecule has 0 atom stereocenters. The van der Waals surface area contributed by atoms with Gasteiger partial charge < -0.3 is 9.15 Å². The first-order valence-electron chi connectivity index (χ1n) is 9.28. The maximum Gasteiger partial charge on any atom is 0.335 e. The largest absolute Gasteiger partial charge is 0.496 e. The van der Waals surface area contributed by atoms with Crippen LogP contribution in [0.5, 0.6) is 5.75 Å². The van der Waals surface area contributed by atoms with Gasteiger partial charge >= 0.3 is 6.03 Å². The molecule has 0 radical (unpaired) electrons. The van der Waals surface area contributed by atoms with Crippen LogP contribution in [0, 0.1) is 10.1 Å². The number of furan rings is 1. The number of hydrogen-bond acceptors (Lipinski definition) is 7. The molecule has 0 aliphatic carbocycles. The average Bonchev–Trinajstić information content (AvgIpc) is 3.25. The van der Waals surface area contributed by atoms with Crippen molar-refractivity contribution in [3.05, 3.63) is 82.1 Å². The number of urea groups is 1. The third-order valence-corrected chi connectivity index (χ3v) is 4.69. The van der Waals surface area contributed by atoms with Crippen LogP contribution < -0.4 is 15.0 Å². The molecule has 10 heteroatoms. The lowest BCUT2D eigenvalue weighted by Crippen LogP contribution is -2.54. The highest BCUT2D eigenvalue weighted by molar-refractivity contribution is 6.39. The van der Waals surface area contributed by atoms with Gasteiger partial charge in [0.05, 0.1) is 29.4 Å². The molecule has 1 fully saturated rings. The first kappa shape index (κ1) is 20.5. The molecular weight excluding hydrogens is 418 g/mol. The number of carbonyl (C=O) groups is 3. The summed E-state index contributed by atoms with van der Waals surface area (Å²) in [6.07, 6.45) is 1.22. The summed E-state index contributed by atoms with van der Waals surface area (Å²) in [5.74, 6) is -0.946. The number of barbiturate groups is 1. The monoisotopic (exact) mass is 433 g/mol. The molecular formula is C22H15N3O7. The van der Waals surface area contributed by atoms with Gasteiger partial charge in [0, 0.05) is 6.07 Å². The van der Waals surface area contributed by atoms with Gasteiger partial charge in [-0.15, -0.1) is 0 Å². The number of nitro benzene ring substituents is 1. The fraction of sp³-hybridized carbons (Fsp3) is 0.0455. The summed E-state index contributed by atoms with van der Waals surface area (Å²) in [5, 5.41) is 13.1. The summed E-state index contributed by atoms with van der Waals surface area (Å²) < 4.78 is 10.9. The second-order valence-electron chi connectivity index (χ2n) is 6.64. The minimum absolute atomic E-state index is 0.144. The van der Waals surface area contributed by atoms with Crippen LogP contribution in [-0.4, -0.2) is 29.9 Å². The lowest BCUT2D eigenvalue weighted by atomic mass is 10.1. The highest BCUT2D eigenvalue weighted by Gasteiger charge is 2.37. The predicted octanol–water partition coefficient (Wildman–Crippen LogP) is 3.53. The highest BCUT2D eigenvalue weighted by atomic mass is 16.6. The van der Waals surface area contributed by atoms with Crippen LogP contribution in [0.25, 0.3) is 17.4 Å². The number of amides is 4. The van der Waals surface area contributed by atoms with Crippen molar-refractivity contribution in [2.45, 2.75) is 0 Å². The minimum atomic E-state index is -0.849. The van der Waals surface area contributed by atoms with E-state index in [4.69, 9.17) is 9.15 Å². The zero-order chi connectivity index (χ0) is 22.8. The number of rotatable bonds is 5. The van der Waals surface area contributed by atoms with E-state index in [2.05, 4.69) is 5.32 Å². The van der Waals surface area contributed by atoms with E-state index in [1.54, 1.807) is 36.4 Å². The number of ether oxygens (including phenoxy) is 1. The van der Waals surface area contributed by atoms with E-state index < -0.39 is 22.8 Å². The summed E-state index contributed by atoms with van der Waals surface area (Å²) in [5.41, 5.74) is 0.326. The predicted molar refractivity (Wildman–Crippen MR) is 113 cm³/mol. The zero-order valence-electron chi connectivity index (χ0n) is 16.6. The summed E-state index contributed by atoms with van der Waals surface area (Å²) in [4.78, 5) is 48.7. The number of anilines is 1. The molecule has 1 saturated heterocycles. The van der Waals surface area contributed by atoms with Crippen LogP contribution in [0.15, 0.2) is 70.7 Å². The van der Waals surface area contributed by atoms with Crippen LogP contribution in [-0.2, 0) is 9.59 Å². The normalized spacial score (nSPS) is 15.1. The number of para-hydroxylation sites is 1. The van der Waals surface area contributed by atoms with Gasteiger partial charge in [0.2, 0.25) is 0 Å². The average molecular weight is 433 g/mol. The lowest BCUT2D eigenvalue weighted by Gasteiger charge is -2.26. The van der Waals surface area contributed by atoms with Crippen LogP contribution >= 0.6 is 0 Å². The van der Waals surface area contributed by atoms with Gasteiger partial charge in [0.1, 0.15) is 22.8 Å². The molecule has 4 amide bonds. The quantitative estimate of drug-likeness (QED) is 0.282. The van der Waals surface area contributed by atoms with Crippen LogP contribution in [0.2, 0.25) is 0 Å². The van der Waals surface area contributed by atoms with E-state index in [9.17, 15) is 24.5 Å². The Morgan fingerprint density at radius 3 is 2.50 bits per heavy atom. The number of hydrogen-bond donors (Lipinski definition) is 1. The zero-order valence-corrected chi connectivity index (χ0v) is 16.6. The number of carbonyl (C=O) groups excluding carboxylic acids is 3. The Labute approximate surface area is 180 Å². The molecule has 0 saturated carbocycles. The van der Waals surface area contributed by atoms with Gasteiger partial charge in [0.15, 0.2) is 0 Å². The molecule has 32 heavy (non-hydrogen) atoms. The molecule has 4 rings (SSSR count). The lowest BCUT2D eigenvalue weighted by molar-refractivity contribution is -0.384. The molecule has 1 aromatic heterocycles. The molecule has 1 aliphatic rings.